The van der Waals surface area contributed by atoms with E-state index in [2.05, 4.69) is 15.3 Å². The van der Waals surface area contributed by atoms with E-state index >= 15 is 0 Å². The summed E-state index contributed by atoms with van der Waals surface area (Å²) in [5, 5.41) is 3.68. The Morgan fingerprint density at radius 1 is 1.03 bits per heavy atom. The Morgan fingerprint density at radius 2 is 1.59 bits per heavy atom. The Morgan fingerprint density at radius 3 is 2.10 bits per heavy atom. The quantitative estimate of drug-likeness (QED) is 0.551. The zero-order valence-corrected chi connectivity index (χ0v) is 19.2. The molecule has 0 aliphatic rings. The zero-order chi connectivity index (χ0) is 21.7. The summed E-state index contributed by atoms with van der Waals surface area (Å²) in [6.45, 7) is 9.88. The Kier molecular flexibility index (Phi) is 7.79. The molecular weight excluding hydrogens is 384 g/mol. The number of benzene rings is 1. The highest BCUT2D eigenvalue weighted by molar-refractivity contribution is 7.98. The van der Waals surface area contributed by atoms with Crippen molar-refractivity contribution in [2.24, 2.45) is 0 Å². The lowest BCUT2D eigenvalue weighted by atomic mass is 10.1. The maximum atomic E-state index is 12.5. The van der Waals surface area contributed by atoms with Gasteiger partial charge in [-0.25, -0.2) is 9.97 Å². The second-order valence-corrected chi connectivity index (χ2v) is 8.20. The third kappa shape index (κ3) is 6.03. The van der Waals surface area contributed by atoms with E-state index in [-0.39, 0.29) is 18.4 Å². The predicted octanol–water partition coefficient (Wildman–Crippen LogP) is 3.77. The molecule has 1 N–H and O–H groups in total. The molecular formula is C22H30N4O2S. The van der Waals surface area contributed by atoms with Crippen molar-refractivity contribution in [3.05, 3.63) is 45.8 Å². The molecule has 0 saturated carbocycles. The van der Waals surface area contributed by atoms with Crippen molar-refractivity contribution >= 4 is 29.3 Å². The molecule has 0 spiro atoms. The lowest BCUT2D eigenvalue weighted by molar-refractivity contribution is -0.133. The van der Waals surface area contributed by atoms with Crippen molar-refractivity contribution < 1.29 is 9.59 Å². The summed E-state index contributed by atoms with van der Waals surface area (Å²) >= 11 is 1.50. The smallest absolute Gasteiger partial charge is 0.243 e. The molecule has 6 nitrogen and oxygen atoms in total. The van der Waals surface area contributed by atoms with Gasteiger partial charge in [0.25, 0.3) is 0 Å². The lowest BCUT2D eigenvalue weighted by Gasteiger charge is -2.19. The number of anilines is 1. The summed E-state index contributed by atoms with van der Waals surface area (Å²) in [5.74, 6) is -0.277. The molecule has 0 saturated heterocycles. The van der Waals surface area contributed by atoms with Crippen molar-refractivity contribution in [3.63, 3.8) is 0 Å². The summed E-state index contributed by atoms with van der Waals surface area (Å²) in [6, 6.07) is 4.07. The molecule has 1 aromatic carbocycles. The van der Waals surface area contributed by atoms with Crippen LogP contribution in [0.2, 0.25) is 0 Å². The SMILES string of the molecule is CSc1nc(C)c(CCC(=O)N(C)CC(=O)Nc2c(C)cc(C)cc2C)c(C)n1. The minimum absolute atomic E-state index is 0.0193. The van der Waals surface area contributed by atoms with E-state index < -0.39 is 0 Å². The summed E-state index contributed by atoms with van der Waals surface area (Å²) < 4.78 is 0. The van der Waals surface area contributed by atoms with Gasteiger partial charge >= 0.3 is 0 Å². The Balaban J connectivity index is 1.95. The van der Waals surface area contributed by atoms with Crippen LogP contribution in [0.3, 0.4) is 0 Å². The maximum Gasteiger partial charge on any atom is 0.243 e. The predicted molar refractivity (Wildman–Crippen MR) is 119 cm³/mol. The molecule has 0 unspecified atom stereocenters. The number of aromatic nitrogens is 2. The zero-order valence-electron chi connectivity index (χ0n) is 18.3. The molecule has 1 heterocycles. The Bertz CT molecular complexity index is 881. The number of likely N-dealkylation sites (N-methyl/N-ethyl adjacent to an activating group) is 1. The van der Waals surface area contributed by atoms with Gasteiger partial charge in [-0.1, -0.05) is 29.5 Å². The standard InChI is InChI=1S/C22H30N4O2S/c1-13-10-14(2)21(15(3)11-13)25-19(27)12-26(6)20(28)9-8-18-16(4)23-22(29-7)24-17(18)5/h10-11H,8-9,12H2,1-7H3,(H,25,27). The monoisotopic (exact) mass is 414 g/mol. The molecule has 0 atom stereocenters. The van der Waals surface area contributed by atoms with Crippen LogP contribution in [0, 0.1) is 34.6 Å². The van der Waals surface area contributed by atoms with E-state index in [0.717, 1.165) is 44.5 Å². The molecule has 0 radical (unpaired) electrons. The number of amides is 2. The topological polar surface area (TPSA) is 75.2 Å². The second kappa shape index (κ2) is 9.87. The fraction of sp³-hybridized carbons (Fsp3) is 0.455. The molecule has 0 aliphatic heterocycles. The van der Waals surface area contributed by atoms with Gasteiger partial charge < -0.3 is 10.2 Å². The van der Waals surface area contributed by atoms with Crippen molar-refractivity contribution in [2.75, 3.05) is 25.2 Å². The van der Waals surface area contributed by atoms with E-state index in [1.807, 2.05) is 53.0 Å². The van der Waals surface area contributed by atoms with Crippen molar-refractivity contribution in [1.82, 2.24) is 14.9 Å². The number of hydrogen-bond donors (Lipinski definition) is 1. The van der Waals surface area contributed by atoms with Crippen LogP contribution in [0.1, 0.15) is 40.1 Å². The van der Waals surface area contributed by atoms with Gasteiger partial charge in [0.15, 0.2) is 5.16 Å². The Labute approximate surface area is 177 Å². The average molecular weight is 415 g/mol. The van der Waals surface area contributed by atoms with Crippen LogP contribution in [0.5, 0.6) is 0 Å². The van der Waals surface area contributed by atoms with Gasteiger partial charge in [-0.15, -0.1) is 0 Å². The fourth-order valence-corrected chi connectivity index (χ4v) is 3.90. The molecule has 1 aromatic heterocycles. The van der Waals surface area contributed by atoms with Crippen LogP contribution in [0.4, 0.5) is 5.69 Å². The maximum absolute atomic E-state index is 12.5. The number of carbonyl (C=O) groups excluding carboxylic acids is 2. The van der Waals surface area contributed by atoms with Gasteiger partial charge in [0.1, 0.15) is 0 Å². The van der Waals surface area contributed by atoms with Crippen LogP contribution in [-0.2, 0) is 16.0 Å². The van der Waals surface area contributed by atoms with Crippen LogP contribution in [0.25, 0.3) is 0 Å². The summed E-state index contributed by atoms with van der Waals surface area (Å²) in [5.41, 5.74) is 6.82. The van der Waals surface area contributed by atoms with Crippen LogP contribution < -0.4 is 5.32 Å². The largest absolute Gasteiger partial charge is 0.336 e. The summed E-state index contributed by atoms with van der Waals surface area (Å²) in [4.78, 5) is 35.4. The van der Waals surface area contributed by atoms with Crippen molar-refractivity contribution in [2.45, 2.75) is 52.6 Å². The molecule has 0 bridgehead atoms. The lowest BCUT2D eigenvalue weighted by Crippen LogP contribution is -2.35. The highest BCUT2D eigenvalue weighted by Gasteiger charge is 2.16. The van der Waals surface area contributed by atoms with E-state index in [0.29, 0.717) is 12.8 Å². The highest BCUT2D eigenvalue weighted by Crippen LogP contribution is 2.22. The first-order chi connectivity index (χ1) is 13.6. The average Bonchev–Trinajstić information content (AvgIpc) is 2.63. The number of nitrogens with one attached hydrogen (secondary N) is 1. The van der Waals surface area contributed by atoms with E-state index in [9.17, 15) is 9.59 Å². The second-order valence-electron chi connectivity index (χ2n) is 7.43. The molecule has 29 heavy (non-hydrogen) atoms. The molecule has 7 heteroatoms. The molecule has 156 valence electrons. The number of nitrogens with zero attached hydrogens (tertiary/aromatic N) is 3. The van der Waals surface area contributed by atoms with Crippen LogP contribution in [-0.4, -0.2) is 46.5 Å². The third-order valence-corrected chi connectivity index (χ3v) is 5.47. The number of thioether (sulfide) groups is 1. The number of hydrogen-bond acceptors (Lipinski definition) is 5. The molecule has 0 fully saturated rings. The van der Waals surface area contributed by atoms with Crippen LogP contribution >= 0.6 is 11.8 Å². The Hall–Kier alpha value is -2.41. The van der Waals surface area contributed by atoms with Crippen molar-refractivity contribution in [1.29, 1.82) is 0 Å². The molecule has 2 amide bonds. The summed E-state index contributed by atoms with van der Waals surface area (Å²) in [6.07, 6.45) is 2.82. The first-order valence-electron chi connectivity index (χ1n) is 9.62. The number of aryl methyl sites for hydroxylation is 5. The minimum atomic E-state index is -0.198. The van der Waals surface area contributed by atoms with Gasteiger partial charge in [0.05, 0.1) is 6.54 Å². The van der Waals surface area contributed by atoms with E-state index in [1.165, 1.54) is 16.7 Å². The van der Waals surface area contributed by atoms with Gasteiger partial charge in [-0.05, 0) is 64.0 Å². The minimum Gasteiger partial charge on any atom is -0.336 e. The van der Waals surface area contributed by atoms with Gasteiger partial charge in [-0.3, -0.25) is 9.59 Å². The molecule has 2 rings (SSSR count). The molecule has 2 aromatic rings. The normalized spacial score (nSPS) is 10.7. The fourth-order valence-electron chi connectivity index (χ4n) is 3.44. The van der Waals surface area contributed by atoms with E-state index in [1.54, 1.807) is 7.05 Å². The van der Waals surface area contributed by atoms with E-state index in [4.69, 9.17) is 0 Å². The first-order valence-corrected chi connectivity index (χ1v) is 10.8. The summed E-state index contributed by atoms with van der Waals surface area (Å²) in [7, 11) is 1.66. The first kappa shape index (κ1) is 22.9. The van der Waals surface area contributed by atoms with Crippen molar-refractivity contribution in [3.8, 4) is 0 Å². The van der Waals surface area contributed by atoms with Gasteiger partial charge in [0.2, 0.25) is 11.8 Å². The van der Waals surface area contributed by atoms with Crippen LogP contribution in [0.15, 0.2) is 17.3 Å². The third-order valence-electron chi connectivity index (χ3n) is 4.92. The van der Waals surface area contributed by atoms with Gasteiger partial charge in [0, 0.05) is 30.5 Å². The van der Waals surface area contributed by atoms with Gasteiger partial charge in [-0.2, -0.15) is 0 Å². The molecule has 0 aliphatic carbocycles. The number of carbonyl (C=O) groups is 2. The number of rotatable bonds is 7. The highest BCUT2D eigenvalue weighted by atomic mass is 32.2.